The van der Waals surface area contributed by atoms with Crippen molar-refractivity contribution in [2.45, 2.75) is 39.8 Å². The number of benzene rings is 1. The van der Waals surface area contributed by atoms with Gasteiger partial charge in [-0.15, -0.1) is 11.3 Å². The predicted molar refractivity (Wildman–Crippen MR) is 117 cm³/mol. The van der Waals surface area contributed by atoms with Gasteiger partial charge in [-0.2, -0.15) is 0 Å². The summed E-state index contributed by atoms with van der Waals surface area (Å²) in [4.78, 5) is 28.5. The first kappa shape index (κ1) is 20.4. The van der Waals surface area contributed by atoms with Gasteiger partial charge in [0.15, 0.2) is 17.1 Å². The van der Waals surface area contributed by atoms with Gasteiger partial charge in [-0.1, -0.05) is 12.1 Å². The second-order valence-electron chi connectivity index (χ2n) is 7.56. The van der Waals surface area contributed by atoms with Gasteiger partial charge in [0.25, 0.3) is 11.8 Å². The minimum Gasteiger partial charge on any atom is -0.490 e. The molecule has 0 saturated carbocycles. The summed E-state index contributed by atoms with van der Waals surface area (Å²) in [6.07, 6.45) is 0.737. The maximum atomic E-state index is 12.9. The number of carbonyl (C=O) groups excluding carboxylic acids is 2. The van der Waals surface area contributed by atoms with E-state index in [4.69, 9.17) is 14.9 Å². The molecule has 0 bridgehead atoms. The number of fused-ring (bicyclic) bond motifs is 2. The second kappa shape index (κ2) is 8.12. The first-order chi connectivity index (χ1) is 14.4. The number of nitrogens with two attached hydrogens (primary N) is 1. The molecule has 7 nitrogen and oxygen atoms in total. The van der Waals surface area contributed by atoms with Crippen LogP contribution in [0.15, 0.2) is 28.7 Å². The van der Waals surface area contributed by atoms with Crippen LogP contribution < -0.4 is 15.8 Å². The van der Waals surface area contributed by atoms with Gasteiger partial charge in [0.1, 0.15) is 5.00 Å². The molecule has 3 heterocycles. The van der Waals surface area contributed by atoms with Crippen molar-refractivity contribution in [3.05, 3.63) is 46.0 Å². The van der Waals surface area contributed by atoms with E-state index in [-0.39, 0.29) is 5.76 Å². The van der Waals surface area contributed by atoms with Crippen molar-refractivity contribution in [1.82, 2.24) is 4.90 Å². The van der Waals surface area contributed by atoms with Crippen molar-refractivity contribution in [1.29, 1.82) is 0 Å². The Kier molecular flexibility index (Phi) is 5.53. The van der Waals surface area contributed by atoms with E-state index in [0.29, 0.717) is 34.5 Å². The van der Waals surface area contributed by atoms with Crippen molar-refractivity contribution in [2.75, 3.05) is 18.5 Å². The number of nitrogens with zero attached hydrogens (tertiary/aromatic N) is 1. The minimum absolute atomic E-state index is 0.155. The third kappa shape index (κ3) is 3.68. The first-order valence-electron chi connectivity index (χ1n) is 10.0. The highest BCUT2D eigenvalue weighted by molar-refractivity contribution is 7.17. The molecule has 0 radical (unpaired) electrons. The van der Waals surface area contributed by atoms with Crippen LogP contribution in [-0.4, -0.2) is 35.9 Å². The van der Waals surface area contributed by atoms with E-state index in [1.165, 1.54) is 11.3 Å². The van der Waals surface area contributed by atoms with Crippen molar-refractivity contribution >= 4 is 39.1 Å². The lowest BCUT2D eigenvalue weighted by Gasteiger charge is -2.30. The lowest BCUT2D eigenvalue weighted by atomic mass is 10.0. The summed E-state index contributed by atoms with van der Waals surface area (Å²) < 4.78 is 11.4. The zero-order valence-electron chi connectivity index (χ0n) is 17.3. The molecule has 158 valence electrons. The zero-order valence-corrected chi connectivity index (χ0v) is 18.1. The van der Waals surface area contributed by atoms with E-state index >= 15 is 0 Å². The van der Waals surface area contributed by atoms with Gasteiger partial charge >= 0.3 is 0 Å². The fraction of sp³-hybridized carbons (Fsp3) is 0.364. The highest BCUT2D eigenvalue weighted by Gasteiger charge is 2.29. The number of hydrogen-bond acceptors (Lipinski definition) is 6. The predicted octanol–water partition coefficient (Wildman–Crippen LogP) is 4.01. The molecule has 0 atom stereocenters. The van der Waals surface area contributed by atoms with Crippen LogP contribution in [0.4, 0.5) is 5.00 Å². The van der Waals surface area contributed by atoms with Crippen LogP contribution >= 0.6 is 11.3 Å². The molecule has 3 aromatic rings. The Labute approximate surface area is 178 Å². The lowest BCUT2D eigenvalue weighted by Crippen LogP contribution is -2.35. The number of ether oxygens (including phenoxy) is 1. The van der Waals surface area contributed by atoms with Crippen molar-refractivity contribution < 1.29 is 18.7 Å². The Bertz CT molecular complexity index is 1120. The van der Waals surface area contributed by atoms with Gasteiger partial charge in [-0.3, -0.25) is 14.5 Å². The van der Waals surface area contributed by atoms with E-state index in [2.05, 4.69) is 24.1 Å². The molecule has 0 fully saturated rings. The Morgan fingerprint density at radius 2 is 2.17 bits per heavy atom. The van der Waals surface area contributed by atoms with Crippen LogP contribution in [0.1, 0.15) is 52.1 Å². The smallest absolute Gasteiger partial charge is 0.292 e. The number of amides is 2. The summed E-state index contributed by atoms with van der Waals surface area (Å²) in [6, 6.07) is 7.59. The van der Waals surface area contributed by atoms with Crippen LogP contribution in [0, 0.1) is 0 Å². The van der Waals surface area contributed by atoms with Crippen LogP contribution in [0.3, 0.4) is 0 Å². The molecule has 1 aliphatic rings. The summed E-state index contributed by atoms with van der Waals surface area (Å²) in [6.45, 7) is 8.29. The number of furan rings is 1. The molecule has 0 aliphatic carbocycles. The number of nitrogens with one attached hydrogen (secondary N) is 1. The highest BCUT2D eigenvalue weighted by Crippen LogP contribution is 2.38. The van der Waals surface area contributed by atoms with Crippen LogP contribution in [0.25, 0.3) is 11.0 Å². The normalized spacial score (nSPS) is 14.1. The third-order valence-corrected chi connectivity index (χ3v) is 6.45. The Morgan fingerprint density at radius 3 is 2.87 bits per heavy atom. The number of para-hydroxylation sites is 1. The SMILES string of the molecule is CCOc1cccc2cc(C(=O)Nc3sc4c(c3C(N)=O)CCN(C(C)C)C4)oc12. The van der Waals surface area contributed by atoms with Crippen LogP contribution in [0.5, 0.6) is 5.75 Å². The number of carbonyl (C=O) groups is 2. The maximum absolute atomic E-state index is 12.9. The zero-order chi connectivity index (χ0) is 21.4. The van der Waals surface area contributed by atoms with Gasteiger partial charge in [-0.05, 0) is 44.9 Å². The van der Waals surface area contributed by atoms with Gasteiger partial charge in [0.2, 0.25) is 0 Å². The van der Waals surface area contributed by atoms with Crippen molar-refractivity contribution in [3.63, 3.8) is 0 Å². The summed E-state index contributed by atoms with van der Waals surface area (Å²) >= 11 is 1.41. The van der Waals surface area contributed by atoms with Gasteiger partial charge in [0.05, 0.1) is 12.2 Å². The Hall–Kier alpha value is -2.84. The van der Waals surface area contributed by atoms with E-state index in [1.54, 1.807) is 12.1 Å². The highest BCUT2D eigenvalue weighted by atomic mass is 32.1. The third-order valence-electron chi connectivity index (χ3n) is 5.32. The number of hydrogen-bond donors (Lipinski definition) is 2. The van der Waals surface area contributed by atoms with Crippen molar-refractivity contribution in [3.8, 4) is 5.75 Å². The molecular formula is C22H25N3O4S. The fourth-order valence-corrected chi connectivity index (χ4v) is 5.07. The molecule has 1 aliphatic heterocycles. The summed E-state index contributed by atoms with van der Waals surface area (Å²) in [5, 5.41) is 4.10. The second-order valence-corrected chi connectivity index (χ2v) is 8.66. The standard InChI is InChI=1S/C22H25N3O4S/c1-4-28-15-7-5-6-13-10-16(29-19(13)15)21(27)24-22-18(20(23)26)14-8-9-25(12(2)3)11-17(14)30-22/h5-7,10,12H,4,8-9,11H2,1-3H3,(H2,23,26)(H,24,27). The van der Waals surface area contributed by atoms with Crippen LogP contribution in [-0.2, 0) is 13.0 Å². The fourth-order valence-electron chi connectivity index (χ4n) is 3.79. The molecule has 2 amide bonds. The van der Waals surface area contributed by atoms with Gasteiger partial charge in [-0.25, -0.2) is 0 Å². The number of thiophene rings is 1. The Morgan fingerprint density at radius 1 is 1.37 bits per heavy atom. The molecule has 0 spiro atoms. The molecule has 8 heteroatoms. The lowest BCUT2D eigenvalue weighted by molar-refractivity contribution is 0.0998. The van der Waals surface area contributed by atoms with E-state index in [9.17, 15) is 9.59 Å². The minimum atomic E-state index is -0.524. The number of primary amides is 1. The summed E-state index contributed by atoms with van der Waals surface area (Å²) in [5.74, 6) is -0.200. The molecule has 0 unspecified atom stereocenters. The molecule has 30 heavy (non-hydrogen) atoms. The molecule has 0 saturated heterocycles. The summed E-state index contributed by atoms with van der Waals surface area (Å²) in [7, 11) is 0. The van der Waals surface area contributed by atoms with Gasteiger partial charge in [0, 0.05) is 29.4 Å². The maximum Gasteiger partial charge on any atom is 0.292 e. The number of anilines is 1. The quantitative estimate of drug-likeness (QED) is 0.619. The van der Waals surface area contributed by atoms with Crippen LogP contribution in [0.2, 0.25) is 0 Å². The van der Waals surface area contributed by atoms with Crippen molar-refractivity contribution in [2.24, 2.45) is 5.73 Å². The molecule has 2 aromatic heterocycles. The largest absolute Gasteiger partial charge is 0.490 e. The van der Waals surface area contributed by atoms with Gasteiger partial charge < -0.3 is 20.2 Å². The average molecular weight is 428 g/mol. The number of rotatable bonds is 6. The topological polar surface area (TPSA) is 97.8 Å². The van der Waals surface area contributed by atoms with E-state index in [0.717, 1.165) is 35.3 Å². The average Bonchev–Trinajstić information content (AvgIpc) is 3.29. The van der Waals surface area contributed by atoms with E-state index in [1.807, 2.05) is 19.1 Å². The first-order valence-corrected chi connectivity index (χ1v) is 10.9. The molecule has 4 rings (SSSR count). The molecular weight excluding hydrogens is 402 g/mol. The van der Waals surface area contributed by atoms with E-state index < -0.39 is 11.8 Å². The molecule has 3 N–H and O–H groups in total. The molecule has 1 aromatic carbocycles. The Balaban J connectivity index is 1.64. The monoisotopic (exact) mass is 427 g/mol. The summed E-state index contributed by atoms with van der Waals surface area (Å²) in [5.41, 5.74) is 7.56.